The lowest BCUT2D eigenvalue weighted by molar-refractivity contribution is 0.252. The van der Waals surface area contributed by atoms with Crippen molar-refractivity contribution in [2.45, 2.75) is 32.9 Å². The average Bonchev–Trinajstić information content (AvgIpc) is 2.56. The van der Waals surface area contributed by atoms with Crippen LogP contribution in [0.1, 0.15) is 30.9 Å². The second kappa shape index (κ2) is 10.1. The zero-order valence-corrected chi connectivity index (χ0v) is 13.7. The van der Waals surface area contributed by atoms with Gasteiger partial charge in [-0.25, -0.2) is 0 Å². The van der Waals surface area contributed by atoms with Crippen LogP contribution in [0, 0.1) is 0 Å². The molecule has 0 spiro atoms. The summed E-state index contributed by atoms with van der Waals surface area (Å²) < 4.78 is 0. The van der Waals surface area contributed by atoms with Gasteiger partial charge in [-0.2, -0.15) is 0 Å². The Labute approximate surface area is 135 Å². The van der Waals surface area contributed by atoms with Crippen molar-refractivity contribution in [3.63, 3.8) is 0 Å². The van der Waals surface area contributed by atoms with Crippen LogP contribution in [0.3, 0.4) is 0 Å². The molecule has 1 N–H and O–H groups in total. The van der Waals surface area contributed by atoms with Crippen LogP contribution in [-0.2, 0) is 13.1 Å². The monoisotopic (exact) mass is 296 g/mol. The number of nitrogens with one attached hydrogen (secondary N) is 1. The van der Waals surface area contributed by atoms with Crippen LogP contribution in [0.2, 0.25) is 0 Å². The highest BCUT2D eigenvalue weighted by Gasteiger charge is 2.06. The summed E-state index contributed by atoms with van der Waals surface area (Å²) >= 11 is 0. The molecular weight excluding hydrogens is 268 g/mol. The Balaban J connectivity index is 1.88. The minimum atomic E-state index is 1.02. The molecule has 2 aromatic carbocycles. The Hall–Kier alpha value is -1.64. The van der Waals surface area contributed by atoms with Gasteiger partial charge < -0.3 is 5.32 Å². The molecular formula is C20H28N2. The second-order valence-electron chi connectivity index (χ2n) is 5.79. The summed E-state index contributed by atoms with van der Waals surface area (Å²) in [5.41, 5.74) is 2.78. The lowest BCUT2D eigenvalue weighted by atomic mass is 10.1. The molecule has 0 aliphatic heterocycles. The molecule has 0 aliphatic rings. The van der Waals surface area contributed by atoms with E-state index in [0.717, 1.165) is 32.7 Å². The molecule has 0 saturated carbocycles. The zero-order chi connectivity index (χ0) is 15.5. The summed E-state index contributed by atoms with van der Waals surface area (Å²) in [5, 5.41) is 3.49. The maximum Gasteiger partial charge on any atom is 0.0237 e. The minimum Gasteiger partial charge on any atom is -0.317 e. The molecule has 22 heavy (non-hydrogen) atoms. The Morgan fingerprint density at radius 3 is 1.82 bits per heavy atom. The number of hydrogen-bond donors (Lipinski definition) is 1. The third kappa shape index (κ3) is 6.42. The lowest BCUT2D eigenvalue weighted by Gasteiger charge is -2.22. The third-order valence-electron chi connectivity index (χ3n) is 3.75. The second-order valence-corrected chi connectivity index (χ2v) is 5.79. The Morgan fingerprint density at radius 1 is 0.773 bits per heavy atom. The number of rotatable bonds is 10. The first-order valence-electron chi connectivity index (χ1n) is 8.39. The molecule has 0 heterocycles. The van der Waals surface area contributed by atoms with Gasteiger partial charge in [-0.05, 0) is 37.1 Å². The highest BCUT2D eigenvalue weighted by molar-refractivity contribution is 5.17. The quantitative estimate of drug-likeness (QED) is 0.665. The van der Waals surface area contributed by atoms with Crippen LogP contribution in [0.5, 0.6) is 0 Å². The largest absolute Gasteiger partial charge is 0.317 e. The maximum absolute atomic E-state index is 3.49. The number of nitrogens with zero attached hydrogens (tertiary/aromatic N) is 1. The van der Waals surface area contributed by atoms with E-state index in [1.807, 2.05) is 0 Å². The molecule has 0 bridgehead atoms. The van der Waals surface area contributed by atoms with Crippen molar-refractivity contribution in [2.24, 2.45) is 0 Å². The van der Waals surface area contributed by atoms with Gasteiger partial charge in [-0.3, -0.25) is 4.90 Å². The van der Waals surface area contributed by atoms with Crippen molar-refractivity contribution in [3.05, 3.63) is 71.8 Å². The van der Waals surface area contributed by atoms with Gasteiger partial charge in [0.15, 0.2) is 0 Å². The third-order valence-corrected chi connectivity index (χ3v) is 3.75. The predicted molar refractivity (Wildman–Crippen MR) is 94.8 cm³/mol. The Morgan fingerprint density at radius 2 is 1.32 bits per heavy atom. The summed E-state index contributed by atoms with van der Waals surface area (Å²) in [6.07, 6.45) is 2.40. The first-order chi connectivity index (χ1) is 10.9. The van der Waals surface area contributed by atoms with Gasteiger partial charge in [0.05, 0.1) is 0 Å². The molecule has 0 unspecified atom stereocenters. The Kier molecular flexibility index (Phi) is 7.71. The van der Waals surface area contributed by atoms with Crippen LogP contribution in [0.15, 0.2) is 60.7 Å². The zero-order valence-electron chi connectivity index (χ0n) is 13.7. The van der Waals surface area contributed by atoms with Gasteiger partial charge in [0.25, 0.3) is 0 Å². The SMILES string of the molecule is CCCNCCCN(Cc1ccccc1)Cc1ccccc1. The smallest absolute Gasteiger partial charge is 0.0237 e. The van der Waals surface area contributed by atoms with Crippen LogP contribution in [0.25, 0.3) is 0 Å². The molecule has 0 amide bonds. The molecule has 0 aromatic heterocycles. The van der Waals surface area contributed by atoms with Gasteiger partial charge in [-0.1, -0.05) is 67.6 Å². The molecule has 2 nitrogen and oxygen atoms in total. The van der Waals surface area contributed by atoms with Crippen LogP contribution in [0.4, 0.5) is 0 Å². The van der Waals surface area contributed by atoms with E-state index in [0.29, 0.717) is 0 Å². The maximum atomic E-state index is 3.49. The van der Waals surface area contributed by atoms with Crippen LogP contribution >= 0.6 is 0 Å². The van der Waals surface area contributed by atoms with E-state index < -0.39 is 0 Å². The molecule has 0 fully saturated rings. The fourth-order valence-electron chi connectivity index (χ4n) is 2.63. The summed E-state index contributed by atoms with van der Waals surface area (Å²) in [6.45, 7) is 7.60. The van der Waals surface area contributed by atoms with Gasteiger partial charge in [-0.15, -0.1) is 0 Å². The standard InChI is InChI=1S/C20H28N2/c1-2-14-21-15-9-16-22(17-19-10-5-3-6-11-19)18-20-12-7-4-8-13-20/h3-8,10-13,21H,2,9,14-18H2,1H3. The molecule has 0 saturated heterocycles. The van der Waals surface area contributed by atoms with E-state index in [1.165, 1.54) is 24.0 Å². The Bertz CT molecular complexity index is 454. The first kappa shape index (κ1) is 16.7. The van der Waals surface area contributed by atoms with Crippen molar-refractivity contribution in [2.75, 3.05) is 19.6 Å². The topological polar surface area (TPSA) is 15.3 Å². The van der Waals surface area contributed by atoms with E-state index in [1.54, 1.807) is 0 Å². The average molecular weight is 296 g/mol. The normalized spacial score (nSPS) is 11.0. The van der Waals surface area contributed by atoms with E-state index in [2.05, 4.69) is 77.8 Å². The highest BCUT2D eigenvalue weighted by Crippen LogP contribution is 2.10. The van der Waals surface area contributed by atoms with Gasteiger partial charge >= 0.3 is 0 Å². The van der Waals surface area contributed by atoms with Crippen molar-refractivity contribution in [3.8, 4) is 0 Å². The lowest BCUT2D eigenvalue weighted by Crippen LogP contribution is -2.27. The highest BCUT2D eigenvalue weighted by atomic mass is 15.1. The first-order valence-corrected chi connectivity index (χ1v) is 8.39. The molecule has 2 aromatic rings. The fourth-order valence-corrected chi connectivity index (χ4v) is 2.63. The number of hydrogen-bond acceptors (Lipinski definition) is 2. The van der Waals surface area contributed by atoms with Crippen LogP contribution < -0.4 is 5.32 Å². The molecule has 2 rings (SSSR count). The van der Waals surface area contributed by atoms with E-state index in [9.17, 15) is 0 Å². The summed E-state index contributed by atoms with van der Waals surface area (Å²) in [6, 6.07) is 21.5. The van der Waals surface area contributed by atoms with Gasteiger partial charge in [0.1, 0.15) is 0 Å². The molecule has 0 atom stereocenters. The van der Waals surface area contributed by atoms with Crippen molar-refractivity contribution in [1.29, 1.82) is 0 Å². The summed E-state index contributed by atoms with van der Waals surface area (Å²) in [5.74, 6) is 0. The molecule has 118 valence electrons. The van der Waals surface area contributed by atoms with Crippen molar-refractivity contribution >= 4 is 0 Å². The predicted octanol–water partition coefficient (Wildman–Crippen LogP) is 4.08. The summed E-state index contributed by atoms with van der Waals surface area (Å²) in [4.78, 5) is 2.54. The van der Waals surface area contributed by atoms with Gasteiger partial charge in [0.2, 0.25) is 0 Å². The summed E-state index contributed by atoms with van der Waals surface area (Å²) in [7, 11) is 0. The fraction of sp³-hybridized carbons (Fsp3) is 0.400. The molecule has 0 radical (unpaired) electrons. The van der Waals surface area contributed by atoms with Crippen LogP contribution in [-0.4, -0.2) is 24.5 Å². The number of benzene rings is 2. The molecule has 0 aliphatic carbocycles. The van der Waals surface area contributed by atoms with E-state index in [-0.39, 0.29) is 0 Å². The van der Waals surface area contributed by atoms with E-state index in [4.69, 9.17) is 0 Å². The van der Waals surface area contributed by atoms with E-state index >= 15 is 0 Å². The van der Waals surface area contributed by atoms with Gasteiger partial charge in [0, 0.05) is 19.6 Å². The van der Waals surface area contributed by atoms with Crippen molar-refractivity contribution < 1.29 is 0 Å². The minimum absolute atomic E-state index is 1.02. The molecule has 2 heteroatoms. The van der Waals surface area contributed by atoms with Crippen molar-refractivity contribution in [1.82, 2.24) is 10.2 Å².